The molecule has 1 amide bonds. The summed E-state index contributed by atoms with van der Waals surface area (Å²) in [6.45, 7) is 6.53. The summed E-state index contributed by atoms with van der Waals surface area (Å²) in [6.07, 6.45) is 5.24. The second kappa shape index (κ2) is 8.22. The smallest absolute Gasteiger partial charge is 0.222 e. The van der Waals surface area contributed by atoms with E-state index in [4.69, 9.17) is 0 Å². The Morgan fingerprint density at radius 2 is 1.88 bits per heavy atom. The molecular weight excluding hydrogens is 310 g/mol. The average molecular weight is 344 g/mol. The van der Waals surface area contributed by atoms with Crippen LogP contribution < -0.4 is 4.90 Å². The van der Waals surface area contributed by atoms with E-state index in [9.17, 15) is 4.79 Å². The van der Waals surface area contributed by atoms with E-state index in [1.807, 2.05) is 14.1 Å². The number of anilines is 1. The lowest BCUT2D eigenvalue weighted by atomic mass is 9.95. The Hall–Kier alpha value is -1.55. The molecule has 2 atom stereocenters. The summed E-state index contributed by atoms with van der Waals surface area (Å²) in [5.74, 6) is 1.01. The molecule has 2 bridgehead atoms. The number of carbonyl (C=O) groups excluding carboxylic acids is 1. The maximum absolute atomic E-state index is 12.8. The van der Waals surface area contributed by atoms with Crippen molar-refractivity contribution in [3.05, 3.63) is 29.8 Å². The standard InChI is InChI=1S/C21H33N3O/c1-4-13-23-14-18-7-11-20(23)16-24(15-18)21(25)12-8-17-5-9-19(10-6-17)22(2)3/h5-6,9-10,18,20H,4,7-8,11-16H2,1-3H3/t18-,20-/m1/s1. The number of hydrogen-bond donors (Lipinski definition) is 0. The van der Waals surface area contributed by atoms with Gasteiger partial charge in [0.25, 0.3) is 0 Å². The summed E-state index contributed by atoms with van der Waals surface area (Å²) < 4.78 is 0. The molecule has 0 aliphatic carbocycles. The lowest BCUT2D eigenvalue weighted by molar-refractivity contribution is -0.131. The summed E-state index contributed by atoms with van der Waals surface area (Å²) in [5.41, 5.74) is 2.46. The van der Waals surface area contributed by atoms with Crippen molar-refractivity contribution in [3.8, 4) is 0 Å². The van der Waals surface area contributed by atoms with Gasteiger partial charge in [0.1, 0.15) is 0 Å². The average Bonchev–Trinajstić information content (AvgIpc) is 2.92. The molecule has 0 spiro atoms. The number of rotatable bonds is 6. The van der Waals surface area contributed by atoms with Crippen molar-refractivity contribution >= 4 is 11.6 Å². The first-order valence-electron chi connectivity index (χ1n) is 9.85. The number of nitrogens with zero attached hydrogens (tertiary/aromatic N) is 3. The molecule has 1 aromatic rings. The van der Waals surface area contributed by atoms with Crippen LogP contribution in [0.3, 0.4) is 0 Å². The van der Waals surface area contributed by atoms with E-state index in [2.05, 4.69) is 45.9 Å². The van der Waals surface area contributed by atoms with Gasteiger partial charge in [0.05, 0.1) is 0 Å². The Labute approximate surface area is 152 Å². The highest BCUT2D eigenvalue weighted by atomic mass is 16.2. The van der Waals surface area contributed by atoms with Gasteiger partial charge in [-0.05, 0) is 55.8 Å². The Kier molecular flexibility index (Phi) is 6.00. The molecule has 0 saturated carbocycles. The molecule has 0 aromatic heterocycles. The highest BCUT2D eigenvalue weighted by Crippen LogP contribution is 2.28. The SMILES string of the molecule is CCCN1C[C@H]2CC[C@@H]1CN(C(=O)CCc1ccc(N(C)C)cc1)C2. The molecule has 1 aromatic carbocycles. The predicted octanol–water partition coefficient (Wildman–Crippen LogP) is 3.02. The minimum Gasteiger partial charge on any atom is -0.378 e. The van der Waals surface area contributed by atoms with Crippen molar-refractivity contribution in [1.82, 2.24) is 9.80 Å². The van der Waals surface area contributed by atoms with E-state index in [1.165, 1.54) is 43.6 Å². The van der Waals surface area contributed by atoms with Gasteiger partial charge in [-0.15, -0.1) is 0 Å². The molecule has 3 aliphatic rings. The number of benzene rings is 1. The van der Waals surface area contributed by atoms with Crippen molar-refractivity contribution in [2.24, 2.45) is 5.92 Å². The summed E-state index contributed by atoms with van der Waals surface area (Å²) in [4.78, 5) is 19.7. The lowest BCUT2D eigenvalue weighted by Crippen LogP contribution is -2.44. The van der Waals surface area contributed by atoms with Gasteiger partial charge in [-0.3, -0.25) is 9.69 Å². The summed E-state index contributed by atoms with van der Waals surface area (Å²) in [6, 6.07) is 9.15. The molecule has 3 heterocycles. The van der Waals surface area contributed by atoms with Crippen LogP contribution in [-0.2, 0) is 11.2 Å². The third-order valence-electron chi connectivity index (χ3n) is 5.77. The van der Waals surface area contributed by atoms with Crippen LogP contribution in [0, 0.1) is 5.92 Å². The summed E-state index contributed by atoms with van der Waals surface area (Å²) in [5, 5.41) is 0. The van der Waals surface area contributed by atoms with Crippen LogP contribution in [0.2, 0.25) is 0 Å². The number of hydrogen-bond acceptors (Lipinski definition) is 3. The Morgan fingerprint density at radius 1 is 1.12 bits per heavy atom. The van der Waals surface area contributed by atoms with Gasteiger partial charge in [0.2, 0.25) is 5.91 Å². The molecule has 3 saturated heterocycles. The van der Waals surface area contributed by atoms with Crippen molar-refractivity contribution < 1.29 is 4.79 Å². The van der Waals surface area contributed by atoms with E-state index in [1.54, 1.807) is 0 Å². The van der Waals surface area contributed by atoms with Gasteiger partial charge in [-0.1, -0.05) is 19.1 Å². The van der Waals surface area contributed by atoms with E-state index >= 15 is 0 Å². The van der Waals surface area contributed by atoms with Gasteiger partial charge < -0.3 is 9.80 Å². The first-order chi connectivity index (χ1) is 12.1. The quantitative estimate of drug-likeness (QED) is 0.794. The minimum atomic E-state index is 0.340. The second-order valence-electron chi connectivity index (χ2n) is 7.95. The number of aryl methyl sites for hydroxylation is 1. The monoisotopic (exact) mass is 343 g/mol. The van der Waals surface area contributed by atoms with Gasteiger partial charge in [-0.2, -0.15) is 0 Å². The lowest BCUT2D eigenvalue weighted by Gasteiger charge is -2.35. The zero-order valence-corrected chi connectivity index (χ0v) is 16.1. The molecule has 3 aliphatic heterocycles. The van der Waals surface area contributed by atoms with Gasteiger partial charge in [-0.25, -0.2) is 0 Å². The zero-order chi connectivity index (χ0) is 17.8. The van der Waals surface area contributed by atoms with Crippen LogP contribution in [0.5, 0.6) is 0 Å². The Balaban J connectivity index is 1.54. The predicted molar refractivity (Wildman–Crippen MR) is 104 cm³/mol. The van der Waals surface area contributed by atoms with Crippen molar-refractivity contribution in [2.75, 3.05) is 45.2 Å². The van der Waals surface area contributed by atoms with Gasteiger partial charge >= 0.3 is 0 Å². The molecule has 0 N–H and O–H groups in total. The third kappa shape index (κ3) is 4.55. The van der Waals surface area contributed by atoms with Crippen LogP contribution in [0.1, 0.15) is 38.2 Å². The van der Waals surface area contributed by atoms with Crippen molar-refractivity contribution in [1.29, 1.82) is 0 Å². The van der Waals surface area contributed by atoms with Crippen molar-refractivity contribution in [2.45, 2.75) is 45.1 Å². The van der Waals surface area contributed by atoms with Crippen molar-refractivity contribution in [3.63, 3.8) is 0 Å². The van der Waals surface area contributed by atoms with E-state index in [0.717, 1.165) is 19.5 Å². The van der Waals surface area contributed by atoms with Crippen LogP contribution in [0.4, 0.5) is 5.69 Å². The molecular formula is C21H33N3O. The fraction of sp³-hybridized carbons (Fsp3) is 0.667. The summed E-state index contributed by atoms with van der Waals surface area (Å²) in [7, 11) is 4.10. The molecule has 4 heteroatoms. The Bertz CT molecular complexity index is 569. The minimum absolute atomic E-state index is 0.340. The fourth-order valence-corrected chi connectivity index (χ4v) is 4.31. The normalized spacial score (nSPS) is 23.6. The molecule has 138 valence electrons. The number of carbonyl (C=O) groups is 1. The van der Waals surface area contributed by atoms with E-state index in [0.29, 0.717) is 24.3 Å². The highest BCUT2D eigenvalue weighted by Gasteiger charge is 2.35. The first kappa shape index (κ1) is 18.2. The number of amides is 1. The highest BCUT2D eigenvalue weighted by molar-refractivity contribution is 5.76. The fourth-order valence-electron chi connectivity index (χ4n) is 4.31. The molecule has 0 unspecified atom stereocenters. The van der Waals surface area contributed by atoms with Crippen LogP contribution in [0.15, 0.2) is 24.3 Å². The van der Waals surface area contributed by atoms with E-state index < -0.39 is 0 Å². The topological polar surface area (TPSA) is 26.8 Å². The zero-order valence-electron chi connectivity index (χ0n) is 16.1. The molecule has 4 nitrogen and oxygen atoms in total. The molecule has 0 radical (unpaired) electrons. The van der Waals surface area contributed by atoms with Crippen LogP contribution in [-0.4, -0.2) is 62.0 Å². The van der Waals surface area contributed by atoms with Gasteiger partial charge in [0.15, 0.2) is 0 Å². The van der Waals surface area contributed by atoms with Crippen LogP contribution in [0.25, 0.3) is 0 Å². The molecule has 25 heavy (non-hydrogen) atoms. The number of piperidine rings is 1. The van der Waals surface area contributed by atoms with E-state index in [-0.39, 0.29) is 0 Å². The molecule has 3 fully saturated rings. The van der Waals surface area contributed by atoms with Gasteiger partial charge in [0, 0.05) is 51.9 Å². The summed E-state index contributed by atoms with van der Waals surface area (Å²) >= 11 is 0. The largest absolute Gasteiger partial charge is 0.378 e. The third-order valence-corrected chi connectivity index (χ3v) is 5.77. The second-order valence-corrected chi connectivity index (χ2v) is 7.95. The Morgan fingerprint density at radius 3 is 2.56 bits per heavy atom. The molecule has 4 rings (SSSR count). The first-order valence-corrected chi connectivity index (χ1v) is 9.85. The van der Waals surface area contributed by atoms with Crippen LogP contribution >= 0.6 is 0 Å². The maximum atomic E-state index is 12.8. The maximum Gasteiger partial charge on any atom is 0.222 e. The number of fused-ring (bicyclic) bond motifs is 4.